The zero-order valence-corrected chi connectivity index (χ0v) is 6.91. The normalized spacial score (nSPS) is 38.4. The van der Waals surface area contributed by atoms with E-state index in [0.717, 1.165) is 12.0 Å². The van der Waals surface area contributed by atoms with Crippen molar-refractivity contribution in [3.05, 3.63) is 0 Å². The number of nitrogens with one attached hydrogen (secondary N) is 2. The molecular weight excluding hydrogens is 148 g/mol. The molecule has 10 heavy (non-hydrogen) atoms. The summed E-state index contributed by atoms with van der Waals surface area (Å²) >= 11 is 0. The minimum atomic E-state index is 0. The van der Waals surface area contributed by atoms with Gasteiger partial charge in [-0.15, -0.1) is 12.4 Å². The van der Waals surface area contributed by atoms with Gasteiger partial charge >= 0.3 is 0 Å². The Labute approximate surface area is 68.2 Å². The molecule has 2 aliphatic heterocycles. The molecule has 2 N–H and O–H groups in total. The predicted molar refractivity (Wildman–Crippen MR) is 44.6 cm³/mol. The Morgan fingerprint density at radius 3 is 2.90 bits per heavy atom. The lowest BCUT2D eigenvalue weighted by Gasteiger charge is -2.24. The lowest BCUT2D eigenvalue weighted by Crippen LogP contribution is -2.40. The van der Waals surface area contributed by atoms with Crippen LogP contribution in [0.15, 0.2) is 0 Å². The van der Waals surface area contributed by atoms with Crippen LogP contribution in [0.3, 0.4) is 0 Å². The van der Waals surface area contributed by atoms with Crippen LogP contribution in [-0.4, -0.2) is 25.7 Å². The van der Waals surface area contributed by atoms with Crippen LogP contribution in [0.1, 0.15) is 12.8 Å². The first-order valence-corrected chi connectivity index (χ1v) is 3.91. The molecule has 0 saturated carbocycles. The average molecular weight is 163 g/mol. The fourth-order valence-electron chi connectivity index (χ4n) is 1.93. The molecular formula is C7H15ClN2. The van der Waals surface area contributed by atoms with E-state index in [1.807, 2.05) is 0 Å². The smallest absolute Gasteiger partial charge is 0.0232 e. The maximum absolute atomic E-state index is 3.52. The molecule has 2 unspecified atom stereocenters. The van der Waals surface area contributed by atoms with Crippen LogP contribution in [0.4, 0.5) is 0 Å². The van der Waals surface area contributed by atoms with Gasteiger partial charge in [0.2, 0.25) is 0 Å². The van der Waals surface area contributed by atoms with Gasteiger partial charge < -0.3 is 10.6 Å². The first-order valence-electron chi connectivity index (χ1n) is 3.91. The van der Waals surface area contributed by atoms with Gasteiger partial charge in [-0.1, -0.05) is 0 Å². The minimum Gasteiger partial charge on any atom is -0.315 e. The van der Waals surface area contributed by atoms with E-state index in [4.69, 9.17) is 0 Å². The molecule has 2 fully saturated rings. The largest absolute Gasteiger partial charge is 0.315 e. The molecule has 2 aliphatic rings. The summed E-state index contributed by atoms with van der Waals surface area (Å²) in [5, 5.41) is 6.92. The standard InChI is InChI=1S/C7H14N2.ClH/c1-2-6-4-8-5-7(6)9-3-1;/h6-9H,1-5H2;1H. The zero-order valence-electron chi connectivity index (χ0n) is 6.10. The van der Waals surface area contributed by atoms with Crippen molar-refractivity contribution in [3.63, 3.8) is 0 Å². The van der Waals surface area contributed by atoms with Gasteiger partial charge in [0.1, 0.15) is 0 Å². The highest BCUT2D eigenvalue weighted by Crippen LogP contribution is 2.18. The molecule has 0 aromatic heterocycles. The summed E-state index contributed by atoms with van der Waals surface area (Å²) < 4.78 is 0. The molecule has 2 nitrogen and oxygen atoms in total. The maximum Gasteiger partial charge on any atom is 0.0232 e. The third-order valence-electron chi connectivity index (χ3n) is 2.50. The highest BCUT2D eigenvalue weighted by atomic mass is 35.5. The van der Waals surface area contributed by atoms with E-state index in [2.05, 4.69) is 10.6 Å². The van der Waals surface area contributed by atoms with Crippen LogP contribution in [0.5, 0.6) is 0 Å². The second-order valence-electron chi connectivity index (χ2n) is 3.12. The molecule has 0 aliphatic carbocycles. The van der Waals surface area contributed by atoms with E-state index in [1.165, 1.54) is 32.5 Å². The topological polar surface area (TPSA) is 24.1 Å². The molecule has 0 aromatic carbocycles. The van der Waals surface area contributed by atoms with Gasteiger partial charge in [-0.3, -0.25) is 0 Å². The van der Waals surface area contributed by atoms with Gasteiger partial charge in [0.25, 0.3) is 0 Å². The molecule has 60 valence electrons. The van der Waals surface area contributed by atoms with Gasteiger partial charge in [0, 0.05) is 12.6 Å². The van der Waals surface area contributed by atoms with Gasteiger partial charge in [-0.25, -0.2) is 0 Å². The fraction of sp³-hybridized carbons (Fsp3) is 1.00. The first-order chi connectivity index (χ1) is 4.47. The second kappa shape index (κ2) is 3.56. The maximum atomic E-state index is 3.52. The summed E-state index contributed by atoms with van der Waals surface area (Å²) in [5.41, 5.74) is 0. The van der Waals surface area contributed by atoms with Crippen molar-refractivity contribution < 1.29 is 0 Å². The van der Waals surface area contributed by atoms with Crippen molar-refractivity contribution >= 4 is 12.4 Å². The second-order valence-corrected chi connectivity index (χ2v) is 3.12. The first kappa shape index (κ1) is 8.31. The third-order valence-corrected chi connectivity index (χ3v) is 2.50. The van der Waals surface area contributed by atoms with Crippen molar-refractivity contribution in [2.75, 3.05) is 19.6 Å². The van der Waals surface area contributed by atoms with E-state index in [0.29, 0.717) is 0 Å². The third kappa shape index (κ3) is 1.44. The molecule has 3 heteroatoms. The van der Waals surface area contributed by atoms with E-state index < -0.39 is 0 Å². The molecule has 0 aromatic rings. The van der Waals surface area contributed by atoms with Gasteiger partial charge in [0.05, 0.1) is 0 Å². The number of hydrogen-bond acceptors (Lipinski definition) is 2. The molecule has 2 saturated heterocycles. The highest BCUT2D eigenvalue weighted by Gasteiger charge is 2.28. The Morgan fingerprint density at radius 1 is 1.20 bits per heavy atom. The molecule has 2 rings (SSSR count). The van der Waals surface area contributed by atoms with Crippen molar-refractivity contribution in [2.24, 2.45) is 5.92 Å². The van der Waals surface area contributed by atoms with Crippen molar-refractivity contribution in [1.82, 2.24) is 10.6 Å². The molecule has 2 heterocycles. The predicted octanol–water partition coefficient (Wildman–Crippen LogP) is 0.380. The summed E-state index contributed by atoms with van der Waals surface area (Å²) in [7, 11) is 0. The average Bonchev–Trinajstić information content (AvgIpc) is 2.33. The Kier molecular flexibility index (Phi) is 2.96. The quantitative estimate of drug-likeness (QED) is 0.538. The number of hydrogen-bond donors (Lipinski definition) is 2. The lowest BCUT2D eigenvalue weighted by molar-refractivity contribution is 0.339. The summed E-state index contributed by atoms with van der Waals surface area (Å²) in [6.07, 6.45) is 2.81. The van der Waals surface area contributed by atoms with Crippen LogP contribution in [0.25, 0.3) is 0 Å². The van der Waals surface area contributed by atoms with E-state index in [1.54, 1.807) is 0 Å². The SMILES string of the molecule is C1CNC2CNCC2C1.Cl. The zero-order chi connectivity index (χ0) is 6.10. The Balaban J connectivity index is 0.000000500. The van der Waals surface area contributed by atoms with Crippen LogP contribution in [-0.2, 0) is 0 Å². The van der Waals surface area contributed by atoms with Crippen LogP contribution in [0.2, 0.25) is 0 Å². The summed E-state index contributed by atoms with van der Waals surface area (Å²) in [6, 6.07) is 0.804. The van der Waals surface area contributed by atoms with Gasteiger partial charge in [-0.05, 0) is 31.8 Å². The van der Waals surface area contributed by atoms with Crippen LogP contribution < -0.4 is 10.6 Å². The van der Waals surface area contributed by atoms with Crippen molar-refractivity contribution in [3.8, 4) is 0 Å². The fourth-order valence-corrected chi connectivity index (χ4v) is 1.93. The summed E-state index contributed by atoms with van der Waals surface area (Å²) in [4.78, 5) is 0. The summed E-state index contributed by atoms with van der Waals surface area (Å²) in [6.45, 7) is 3.69. The highest BCUT2D eigenvalue weighted by molar-refractivity contribution is 5.85. The van der Waals surface area contributed by atoms with E-state index in [-0.39, 0.29) is 12.4 Å². The number of piperidine rings is 1. The Morgan fingerprint density at radius 2 is 2.10 bits per heavy atom. The van der Waals surface area contributed by atoms with Crippen molar-refractivity contribution in [1.29, 1.82) is 0 Å². The molecule has 0 spiro atoms. The van der Waals surface area contributed by atoms with Crippen LogP contribution >= 0.6 is 12.4 Å². The number of fused-ring (bicyclic) bond motifs is 1. The Bertz CT molecular complexity index is 95.8. The van der Waals surface area contributed by atoms with Gasteiger partial charge in [-0.2, -0.15) is 0 Å². The number of rotatable bonds is 0. The summed E-state index contributed by atoms with van der Waals surface area (Å²) in [5.74, 6) is 0.943. The van der Waals surface area contributed by atoms with E-state index >= 15 is 0 Å². The lowest BCUT2D eigenvalue weighted by atomic mass is 9.94. The molecule has 0 radical (unpaired) electrons. The van der Waals surface area contributed by atoms with Crippen molar-refractivity contribution in [2.45, 2.75) is 18.9 Å². The molecule has 0 bridgehead atoms. The number of halogens is 1. The minimum absolute atomic E-state index is 0. The van der Waals surface area contributed by atoms with E-state index in [9.17, 15) is 0 Å². The van der Waals surface area contributed by atoms with Crippen LogP contribution in [0, 0.1) is 5.92 Å². The van der Waals surface area contributed by atoms with Gasteiger partial charge in [0.15, 0.2) is 0 Å². The monoisotopic (exact) mass is 162 g/mol. The molecule has 2 atom stereocenters. The Hall–Kier alpha value is 0.210. The molecule has 0 amide bonds.